The van der Waals surface area contributed by atoms with Crippen molar-refractivity contribution in [3.8, 4) is 0 Å². The fourth-order valence-corrected chi connectivity index (χ4v) is 3.20. The Bertz CT molecular complexity index is 937. The molecule has 0 fully saturated rings. The average Bonchev–Trinajstić information content (AvgIpc) is 2.73. The van der Waals surface area contributed by atoms with Crippen LogP contribution in [-0.2, 0) is 20.9 Å². The number of hydrogen-bond donors (Lipinski definition) is 1. The minimum Gasteiger partial charge on any atom is -0.469 e. The number of aryl methyl sites for hydroxylation is 2. The smallest absolute Gasteiger partial charge is 0.311 e. The molecule has 0 aromatic heterocycles. The van der Waals surface area contributed by atoms with Gasteiger partial charge in [-0.1, -0.05) is 23.7 Å². The Morgan fingerprint density at radius 2 is 1.93 bits per heavy atom. The van der Waals surface area contributed by atoms with E-state index in [1.165, 1.54) is 13.2 Å². The summed E-state index contributed by atoms with van der Waals surface area (Å²) in [6.45, 7) is 4.39. The van der Waals surface area contributed by atoms with Crippen LogP contribution in [0.1, 0.15) is 23.1 Å². The highest BCUT2D eigenvalue weighted by molar-refractivity contribution is 6.30. The van der Waals surface area contributed by atoms with Crippen LogP contribution in [0, 0.1) is 13.8 Å². The van der Waals surface area contributed by atoms with Gasteiger partial charge in [-0.05, 0) is 54.8 Å². The SMILES string of the molecule is COC(=O)CC1=CC(=O)N(Cc2cccc(Cl)c2)c2cc(C)c(C)cc2N1. The maximum Gasteiger partial charge on any atom is 0.311 e. The van der Waals surface area contributed by atoms with Crippen LogP contribution in [-0.4, -0.2) is 19.0 Å². The lowest BCUT2D eigenvalue weighted by Gasteiger charge is -2.24. The van der Waals surface area contributed by atoms with E-state index in [0.29, 0.717) is 17.3 Å². The summed E-state index contributed by atoms with van der Waals surface area (Å²) in [6.07, 6.45) is 1.45. The molecule has 1 heterocycles. The van der Waals surface area contributed by atoms with Crippen LogP contribution < -0.4 is 10.2 Å². The molecule has 1 aliphatic rings. The van der Waals surface area contributed by atoms with Crippen molar-refractivity contribution < 1.29 is 14.3 Å². The van der Waals surface area contributed by atoms with Gasteiger partial charge in [-0.2, -0.15) is 0 Å². The maximum absolute atomic E-state index is 13.0. The summed E-state index contributed by atoms with van der Waals surface area (Å²) in [5.41, 5.74) is 5.14. The summed E-state index contributed by atoms with van der Waals surface area (Å²) >= 11 is 6.09. The number of fused-ring (bicyclic) bond motifs is 1. The zero-order valence-corrected chi connectivity index (χ0v) is 16.3. The van der Waals surface area contributed by atoms with Gasteiger partial charge in [0.25, 0.3) is 5.91 Å². The van der Waals surface area contributed by atoms with Crippen LogP contribution in [0.5, 0.6) is 0 Å². The molecule has 5 nitrogen and oxygen atoms in total. The Balaban J connectivity index is 2.04. The molecule has 0 aliphatic carbocycles. The number of amides is 1. The molecule has 0 saturated carbocycles. The van der Waals surface area contributed by atoms with E-state index in [0.717, 1.165) is 28.1 Å². The number of esters is 1. The second-order valence-electron chi connectivity index (χ2n) is 6.56. The van der Waals surface area contributed by atoms with Crippen molar-refractivity contribution in [3.05, 3.63) is 69.9 Å². The van der Waals surface area contributed by atoms with E-state index in [9.17, 15) is 9.59 Å². The normalized spacial score (nSPS) is 13.4. The standard InChI is InChI=1S/C21H21ClN2O3/c1-13-7-18-19(8-14(13)2)24(12-15-5-4-6-16(22)9-15)20(25)10-17(23-18)11-21(26)27-3/h4-10,23H,11-12H2,1-3H3. The van der Waals surface area contributed by atoms with Crippen LogP contribution in [0.25, 0.3) is 0 Å². The molecule has 6 heteroatoms. The molecule has 3 rings (SSSR count). The van der Waals surface area contributed by atoms with E-state index < -0.39 is 5.97 Å². The highest BCUT2D eigenvalue weighted by Gasteiger charge is 2.24. The number of benzene rings is 2. The Morgan fingerprint density at radius 3 is 2.63 bits per heavy atom. The molecular formula is C21H21ClN2O3. The maximum atomic E-state index is 13.0. The van der Waals surface area contributed by atoms with Crippen LogP contribution >= 0.6 is 11.6 Å². The van der Waals surface area contributed by atoms with Gasteiger partial charge >= 0.3 is 5.97 Å². The van der Waals surface area contributed by atoms with Crippen molar-refractivity contribution in [3.63, 3.8) is 0 Å². The van der Waals surface area contributed by atoms with E-state index in [-0.39, 0.29) is 12.3 Å². The molecule has 0 radical (unpaired) electrons. The van der Waals surface area contributed by atoms with Gasteiger partial charge in [-0.25, -0.2) is 0 Å². The van der Waals surface area contributed by atoms with Gasteiger partial charge in [-0.3, -0.25) is 9.59 Å². The third-order valence-electron chi connectivity index (χ3n) is 4.55. The number of nitrogens with zero attached hydrogens (tertiary/aromatic N) is 1. The molecule has 0 unspecified atom stereocenters. The van der Waals surface area contributed by atoms with Gasteiger partial charge in [-0.15, -0.1) is 0 Å². The van der Waals surface area contributed by atoms with Gasteiger partial charge in [0.15, 0.2) is 0 Å². The van der Waals surface area contributed by atoms with Gasteiger partial charge in [0.05, 0.1) is 31.5 Å². The molecule has 140 valence electrons. The monoisotopic (exact) mass is 384 g/mol. The first-order valence-electron chi connectivity index (χ1n) is 8.59. The largest absolute Gasteiger partial charge is 0.469 e. The zero-order chi connectivity index (χ0) is 19.6. The first-order chi connectivity index (χ1) is 12.9. The number of carbonyl (C=O) groups is 2. The number of nitrogens with one attached hydrogen (secondary N) is 1. The summed E-state index contributed by atoms with van der Waals surface area (Å²) in [5, 5.41) is 3.84. The first-order valence-corrected chi connectivity index (χ1v) is 8.97. The zero-order valence-electron chi connectivity index (χ0n) is 15.5. The summed E-state index contributed by atoms with van der Waals surface area (Å²) < 4.78 is 4.74. The van der Waals surface area contributed by atoms with Crippen LogP contribution in [0.3, 0.4) is 0 Å². The molecule has 1 amide bonds. The highest BCUT2D eigenvalue weighted by atomic mass is 35.5. The Morgan fingerprint density at radius 1 is 1.19 bits per heavy atom. The predicted molar refractivity (Wildman–Crippen MR) is 107 cm³/mol. The second-order valence-corrected chi connectivity index (χ2v) is 6.99. The number of carbonyl (C=O) groups excluding carboxylic acids is 2. The van der Waals surface area contributed by atoms with Crippen molar-refractivity contribution in [2.24, 2.45) is 0 Å². The number of ether oxygens (including phenoxy) is 1. The minimum absolute atomic E-state index is 0.000388. The predicted octanol–water partition coefficient (Wildman–Crippen LogP) is 4.36. The number of methoxy groups -OCH3 is 1. The third kappa shape index (κ3) is 4.31. The van der Waals surface area contributed by atoms with E-state index in [1.54, 1.807) is 11.0 Å². The van der Waals surface area contributed by atoms with Crippen LogP contribution in [0.2, 0.25) is 5.02 Å². The Labute approximate surface area is 163 Å². The Hall–Kier alpha value is -2.79. The van der Waals surface area contributed by atoms with E-state index in [4.69, 9.17) is 16.3 Å². The van der Waals surface area contributed by atoms with E-state index in [1.807, 2.05) is 44.2 Å². The lowest BCUT2D eigenvalue weighted by molar-refractivity contribution is -0.139. The molecule has 2 aromatic rings. The van der Waals surface area contributed by atoms with Gasteiger partial charge in [0.1, 0.15) is 0 Å². The summed E-state index contributed by atoms with van der Waals surface area (Å²) in [7, 11) is 1.33. The molecule has 0 spiro atoms. The van der Waals surface area contributed by atoms with Crippen molar-refractivity contribution in [1.82, 2.24) is 0 Å². The molecule has 0 atom stereocenters. The molecule has 0 saturated heterocycles. The lowest BCUT2D eigenvalue weighted by Crippen LogP contribution is -2.28. The topological polar surface area (TPSA) is 58.6 Å². The molecule has 1 N–H and O–H groups in total. The van der Waals surface area contributed by atoms with Gasteiger partial charge in [0, 0.05) is 16.8 Å². The second kappa shape index (κ2) is 7.84. The first kappa shape index (κ1) is 19.0. The molecule has 1 aliphatic heterocycles. The number of anilines is 2. The minimum atomic E-state index is -0.407. The Kier molecular flexibility index (Phi) is 5.51. The molecular weight excluding hydrogens is 364 g/mol. The summed E-state index contributed by atoms with van der Waals surface area (Å²) in [5.74, 6) is -0.612. The van der Waals surface area contributed by atoms with Crippen molar-refractivity contribution in [2.75, 3.05) is 17.3 Å². The van der Waals surface area contributed by atoms with Gasteiger partial charge in [0.2, 0.25) is 0 Å². The quantitative estimate of drug-likeness (QED) is 0.795. The summed E-state index contributed by atoms with van der Waals surface area (Å²) in [6, 6.07) is 11.4. The number of halogens is 1. The van der Waals surface area contributed by atoms with Crippen molar-refractivity contribution >= 4 is 34.9 Å². The van der Waals surface area contributed by atoms with E-state index in [2.05, 4.69) is 5.32 Å². The molecule has 0 bridgehead atoms. The lowest BCUT2D eigenvalue weighted by atomic mass is 10.1. The van der Waals surface area contributed by atoms with Crippen molar-refractivity contribution in [2.45, 2.75) is 26.8 Å². The van der Waals surface area contributed by atoms with E-state index >= 15 is 0 Å². The fraction of sp³-hybridized carbons (Fsp3) is 0.238. The van der Waals surface area contributed by atoms with Crippen LogP contribution in [0.4, 0.5) is 11.4 Å². The molecule has 27 heavy (non-hydrogen) atoms. The summed E-state index contributed by atoms with van der Waals surface area (Å²) in [4.78, 5) is 26.4. The average molecular weight is 385 g/mol. The number of hydrogen-bond acceptors (Lipinski definition) is 4. The fourth-order valence-electron chi connectivity index (χ4n) is 2.98. The van der Waals surface area contributed by atoms with Crippen LogP contribution in [0.15, 0.2) is 48.2 Å². The third-order valence-corrected chi connectivity index (χ3v) is 4.79. The van der Waals surface area contributed by atoms with Gasteiger partial charge < -0.3 is 15.0 Å². The number of rotatable bonds is 4. The highest BCUT2D eigenvalue weighted by Crippen LogP contribution is 2.34. The molecule has 2 aromatic carbocycles. The van der Waals surface area contributed by atoms with Crippen molar-refractivity contribution in [1.29, 1.82) is 0 Å².